The lowest BCUT2D eigenvalue weighted by atomic mass is 9.91. The van der Waals surface area contributed by atoms with Crippen LogP contribution in [0.2, 0.25) is 0 Å². The molecular formula is C38H46O9. The van der Waals surface area contributed by atoms with Crippen molar-refractivity contribution in [2.75, 3.05) is 14.2 Å². The van der Waals surface area contributed by atoms with Crippen LogP contribution in [-0.2, 0) is 23.9 Å². The number of aromatic hydroxyl groups is 3. The van der Waals surface area contributed by atoms with Crippen molar-refractivity contribution in [2.45, 2.75) is 75.5 Å². The van der Waals surface area contributed by atoms with Crippen LogP contribution in [-0.4, -0.2) is 52.6 Å². The quantitative estimate of drug-likeness (QED) is 0.149. The Kier molecular flexibility index (Phi) is 12.7. The number of methoxy groups -OCH3 is 2. The lowest BCUT2D eigenvalue weighted by molar-refractivity contribution is -0.142. The van der Waals surface area contributed by atoms with Gasteiger partial charge in [-0.2, -0.15) is 0 Å². The number of carbonyl (C=O) groups excluding carboxylic acids is 2. The summed E-state index contributed by atoms with van der Waals surface area (Å²) in [4.78, 5) is 33.4. The molecule has 0 aliphatic heterocycles. The molecule has 3 aromatic carbocycles. The molecular weight excluding hydrogens is 600 g/mol. The Morgan fingerprint density at radius 3 is 1.11 bits per heavy atom. The predicted octanol–water partition coefficient (Wildman–Crippen LogP) is 7.26. The second kappa shape index (κ2) is 16.9. The molecule has 3 aromatic rings. The van der Waals surface area contributed by atoms with E-state index >= 15 is 0 Å². The molecule has 9 nitrogen and oxygen atoms in total. The molecule has 0 radical (unpaired) electrons. The molecule has 3 aliphatic carbocycles. The number of hydrogen-bond donors (Lipinski definition) is 4. The highest BCUT2D eigenvalue weighted by Gasteiger charge is 2.35. The number of hydrogen-bond acceptors (Lipinski definition) is 8. The van der Waals surface area contributed by atoms with Crippen molar-refractivity contribution < 1.29 is 44.3 Å². The lowest BCUT2D eigenvalue weighted by Crippen LogP contribution is -2.10. The van der Waals surface area contributed by atoms with Gasteiger partial charge in [-0.15, -0.1) is 0 Å². The Balaban J connectivity index is 0.000000160. The van der Waals surface area contributed by atoms with Gasteiger partial charge in [-0.1, -0.05) is 36.4 Å². The Morgan fingerprint density at radius 2 is 0.872 bits per heavy atom. The van der Waals surface area contributed by atoms with Crippen LogP contribution in [0.3, 0.4) is 0 Å². The number of aliphatic carboxylic acids is 1. The zero-order valence-electron chi connectivity index (χ0n) is 27.1. The topological polar surface area (TPSA) is 151 Å². The van der Waals surface area contributed by atoms with Crippen LogP contribution in [0.15, 0.2) is 72.8 Å². The Hall–Kier alpha value is -4.53. The summed E-state index contributed by atoms with van der Waals surface area (Å²) in [5.74, 6) is 1.68. The summed E-state index contributed by atoms with van der Waals surface area (Å²) in [6.07, 6.45) is 7.84. The van der Waals surface area contributed by atoms with Gasteiger partial charge in [0.2, 0.25) is 0 Å². The average molecular weight is 647 g/mol. The highest BCUT2D eigenvalue weighted by Crippen LogP contribution is 2.46. The fourth-order valence-corrected chi connectivity index (χ4v) is 6.15. The van der Waals surface area contributed by atoms with E-state index in [1.807, 2.05) is 30.3 Å². The Bertz CT molecular complexity index is 1410. The van der Waals surface area contributed by atoms with E-state index in [0.29, 0.717) is 30.6 Å². The van der Waals surface area contributed by atoms with E-state index in [1.54, 1.807) is 42.5 Å². The van der Waals surface area contributed by atoms with Gasteiger partial charge in [0, 0.05) is 0 Å². The van der Waals surface area contributed by atoms with E-state index in [4.69, 9.17) is 14.6 Å². The number of carboxylic acids is 1. The van der Waals surface area contributed by atoms with Crippen molar-refractivity contribution in [3.8, 4) is 17.2 Å². The van der Waals surface area contributed by atoms with E-state index in [1.165, 1.54) is 14.2 Å². The third kappa shape index (κ3) is 11.6. The van der Waals surface area contributed by atoms with E-state index in [-0.39, 0.29) is 53.4 Å². The van der Waals surface area contributed by atoms with Crippen LogP contribution in [0.1, 0.15) is 92.2 Å². The zero-order valence-corrected chi connectivity index (χ0v) is 27.1. The third-order valence-corrected chi connectivity index (χ3v) is 9.09. The molecule has 3 atom stereocenters. The molecule has 0 bridgehead atoms. The highest BCUT2D eigenvalue weighted by atomic mass is 16.5. The van der Waals surface area contributed by atoms with E-state index < -0.39 is 5.97 Å². The number of ether oxygens (including phenoxy) is 2. The van der Waals surface area contributed by atoms with Crippen LogP contribution >= 0.6 is 0 Å². The molecule has 3 saturated carbocycles. The van der Waals surface area contributed by atoms with Crippen molar-refractivity contribution in [3.05, 3.63) is 89.5 Å². The van der Waals surface area contributed by atoms with Crippen LogP contribution in [0.25, 0.3) is 0 Å². The molecule has 0 saturated heterocycles. The fourth-order valence-electron chi connectivity index (χ4n) is 6.15. The van der Waals surface area contributed by atoms with E-state index in [0.717, 1.165) is 55.2 Å². The van der Waals surface area contributed by atoms with Crippen molar-refractivity contribution >= 4 is 17.9 Å². The Morgan fingerprint density at radius 1 is 0.574 bits per heavy atom. The first kappa shape index (κ1) is 35.3. The number of phenolic OH excluding ortho intramolecular Hbond substituents is 3. The summed E-state index contributed by atoms with van der Waals surface area (Å²) < 4.78 is 9.42. The summed E-state index contributed by atoms with van der Waals surface area (Å²) in [6.45, 7) is 0. The molecule has 47 heavy (non-hydrogen) atoms. The standard InChI is InChI=1S/2C13H16O3.C12H14O3/c2*1-16-13(15)8-12(9-5-6-9)10-3-2-4-11(14)7-10;13-10-3-1-2-9(6-10)11(7-12(14)15)8-4-5-8/h2*2-4,7,9,12,14H,5-6,8H2,1H3;1-3,6,8,11,13H,4-5,7H2,(H,14,15)/t2*12-;/m10./s1. The molecule has 1 unspecified atom stereocenters. The fraction of sp³-hybridized carbons (Fsp3) is 0.447. The minimum Gasteiger partial charge on any atom is -0.508 e. The molecule has 252 valence electrons. The molecule has 3 aliphatic rings. The van der Waals surface area contributed by atoms with Gasteiger partial charge in [0.05, 0.1) is 33.5 Å². The minimum atomic E-state index is -0.768. The first-order valence-electron chi connectivity index (χ1n) is 16.3. The maximum atomic E-state index is 11.3. The summed E-state index contributed by atoms with van der Waals surface area (Å²) in [5, 5.41) is 37.1. The van der Waals surface area contributed by atoms with Gasteiger partial charge >= 0.3 is 17.9 Å². The van der Waals surface area contributed by atoms with Gasteiger partial charge in [0.15, 0.2) is 0 Å². The number of benzene rings is 3. The largest absolute Gasteiger partial charge is 0.508 e. The minimum absolute atomic E-state index is 0.0644. The molecule has 9 heteroatoms. The molecule has 0 aromatic heterocycles. The monoisotopic (exact) mass is 646 g/mol. The molecule has 3 fully saturated rings. The normalized spacial score (nSPS) is 17.0. The molecule has 4 N–H and O–H groups in total. The Labute approximate surface area is 276 Å². The smallest absolute Gasteiger partial charge is 0.306 e. The second-order valence-corrected chi connectivity index (χ2v) is 12.8. The highest BCUT2D eigenvalue weighted by molar-refractivity contribution is 5.71. The number of esters is 2. The number of carboxylic acid groups (broad SMARTS) is 1. The summed E-state index contributed by atoms with van der Waals surface area (Å²) in [7, 11) is 2.82. The SMILES string of the molecule is COC(=O)C[C@@H](c1cccc(O)c1)C1CC1.COC(=O)C[C@H](c1cccc(O)c1)C1CC1.O=C(O)CC(c1cccc(O)c1)C1CC1. The number of rotatable bonds is 12. The average Bonchev–Trinajstić information content (AvgIpc) is 3.88. The van der Waals surface area contributed by atoms with Gasteiger partial charge in [0.1, 0.15) is 17.2 Å². The van der Waals surface area contributed by atoms with Crippen molar-refractivity contribution in [2.24, 2.45) is 17.8 Å². The first-order valence-corrected chi connectivity index (χ1v) is 16.3. The van der Waals surface area contributed by atoms with Crippen molar-refractivity contribution in [3.63, 3.8) is 0 Å². The number of phenols is 3. The maximum Gasteiger partial charge on any atom is 0.306 e. The van der Waals surface area contributed by atoms with E-state index in [9.17, 15) is 29.7 Å². The van der Waals surface area contributed by atoms with Crippen LogP contribution in [0.5, 0.6) is 17.2 Å². The predicted molar refractivity (Wildman–Crippen MR) is 176 cm³/mol. The second-order valence-electron chi connectivity index (χ2n) is 12.8. The lowest BCUT2D eigenvalue weighted by Gasteiger charge is -2.15. The maximum absolute atomic E-state index is 11.3. The van der Waals surface area contributed by atoms with Gasteiger partial charge in [-0.25, -0.2) is 0 Å². The zero-order chi connectivity index (χ0) is 33.9. The van der Waals surface area contributed by atoms with Gasteiger partial charge in [-0.3, -0.25) is 14.4 Å². The van der Waals surface area contributed by atoms with Gasteiger partial charge in [0.25, 0.3) is 0 Å². The van der Waals surface area contributed by atoms with Crippen LogP contribution in [0.4, 0.5) is 0 Å². The van der Waals surface area contributed by atoms with Crippen LogP contribution in [0, 0.1) is 17.8 Å². The molecule has 0 spiro atoms. The summed E-state index contributed by atoms with van der Waals surface area (Å²) in [5.41, 5.74) is 3.01. The molecule has 6 rings (SSSR count). The van der Waals surface area contributed by atoms with Crippen LogP contribution < -0.4 is 0 Å². The van der Waals surface area contributed by atoms with Gasteiger partial charge < -0.3 is 29.9 Å². The summed E-state index contributed by atoms with van der Waals surface area (Å²) in [6, 6.07) is 21.3. The van der Waals surface area contributed by atoms with Gasteiger partial charge in [-0.05, 0) is 127 Å². The van der Waals surface area contributed by atoms with Crippen molar-refractivity contribution in [1.82, 2.24) is 0 Å². The van der Waals surface area contributed by atoms with Crippen molar-refractivity contribution in [1.29, 1.82) is 0 Å². The van der Waals surface area contributed by atoms with E-state index in [2.05, 4.69) is 0 Å². The summed E-state index contributed by atoms with van der Waals surface area (Å²) >= 11 is 0. The first-order chi connectivity index (χ1) is 22.6. The molecule has 0 heterocycles. The number of carbonyl (C=O) groups is 3. The molecule has 0 amide bonds. The third-order valence-electron chi connectivity index (χ3n) is 9.09.